The second-order valence-electron chi connectivity index (χ2n) is 9.71. The van der Waals surface area contributed by atoms with Crippen molar-refractivity contribution in [3.63, 3.8) is 0 Å². The van der Waals surface area contributed by atoms with Crippen LogP contribution < -0.4 is 5.32 Å². The van der Waals surface area contributed by atoms with E-state index in [1.165, 1.54) is 18.2 Å². The molecule has 1 amide bonds. The molecule has 7 nitrogen and oxygen atoms in total. The summed E-state index contributed by atoms with van der Waals surface area (Å²) in [6.45, 7) is 5.92. The van der Waals surface area contributed by atoms with Crippen LogP contribution in [0.4, 0.5) is 8.78 Å². The third-order valence-corrected chi connectivity index (χ3v) is 8.22. The first-order chi connectivity index (χ1) is 15.9. The molecule has 2 bridgehead atoms. The number of sulfone groups is 1. The predicted octanol–water partition coefficient (Wildman–Crippen LogP) is 3.49. The summed E-state index contributed by atoms with van der Waals surface area (Å²) in [5.41, 5.74) is 0.00853. The van der Waals surface area contributed by atoms with E-state index in [0.29, 0.717) is 18.5 Å². The number of nitrogens with zero attached hydrogens (tertiary/aromatic N) is 2. The number of hydrogen-bond acceptors (Lipinski definition) is 6. The van der Waals surface area contributed by atoms with E-state index in [1.807, 2.05) is 20.8 Å². The van der Waals surface area contributed by atoms with Gasteiger partial charge in [-0.15, -0.1) is 5.10 Å². The van der Waals surface area contributed by atoms with Crippen LogP contribution in [0.25, 0.3) is 11.3 Å². The van der Waals surface area contributed by atoms with E-state index in [0.717, 1.165) is 18.2 Å². The number of nitrogens with one attached hydrogen (secondary N) is 1. The smallest absolute Gasteiger partial charge is 0.249 e. The lowest BCUT2D eigenvalue weighted by atomic mass is 9.77. The summed E-state index contributed by atoms with van der Waals surface area (Å²) in [6, 6.07) is 5.35. The summed E-state index contributed by atoms with van der Waals surface area (Å²) >= 11 is 0. The van der Waals surface area contributed by atoms with Crippen LogP contribution in [0.15, 0.2) is 24.3 Å². The van der Waals surface area contributed by atoms with E-state index < -0.39 is 38.6 Å². The van der Waals surface area contributed by atoms with Crippen molar-refractivity contribution in [3.8, 4) is 11.3 Å². The normalized spacial score (nSPS) is 23.5. The summed E-state index contributed by atoms with van der Waals surface area (Å²) in [5.74, 6) is -1.93. The number of fused-ring (bicyclic) bond motifs is 5. The molecule has 0 saturated heterocycles. The molecule has 2 aromatic rings. The van der Waals surface area contributed by atoms with Crippen molar-refractivity contribution in [2.75, 3.05) is 18.6 Å². The maximum atomic E-state index is 14.4. The Balaban J connectivity index is 1.66. The van der Waals surface area contributed by atoms with Crippen LogP contribution >= 0.6 is 0 Å². The van der Waals surface area contributed by atoms with Crippen molar-refractivity contribution in [2.45, 2.75) is 57.7 Å². The van der Waals surface area contributed by atoms with E-state index in [9.17, 15) is 22.0 Å². The van der Waals surface area contributed by atoms with E-state index in [1.54, 1.807) is 6.07 Å². The highest BCUT2D eigenvalue weighted by molar-refractivity contribution is 7.90. The van der Waals surface area contributed by atoms with Crippen LogP contribution in [0.1, 0.15) is 57.2 Å². The van der Waals surface area contributed by atoms with Crippen LogP contribution in [0.3, 0.4) is 0 Å². The van der Waals surface area contributed by atoms with E-state index in [2.05, 4.69) is 15.5 Å². The summed E-state index contributed by atoms with van der Waals surface area (Å²) in [6.07, 6.45) is 2.09. The number of amides is 1. The lowest BCUT2D eigenvalue weighted by molar-refractivity contribution is -0.168. The van der Waals surface area contributed by atoms with Crippen molar-refractivity contribution < 1.29 is 26.7 Å². The first-order valence-corrected chi connectivity index (χ1v) is 13.4. The zero-order valence-corrected chi connectivity index (χ0v) is 20.5. The molecule has 1 aromatic heterocycles. The third-order valence-electron chi connectivity index (χ3n) is 7.28. The van der Waals surface area contributed by atoms with Gasteiger partial charge in [-0.25, -0.2) is 17.2 Å². The van der Waals surface area contributed by atoms with E-state index >= 15 is 0 Å². The maximum absolute atomic E-state index is 14.4. The van der Waals surface area contributed by atoms with Gasteiger partial charge >= 0.3 is 0 Å². The number of halogens is 2. The van der Waals surface area contributed by atoms with Crippen molar-refractivity contribution >= 4 is 15.7 Å². The van der Waals surface area contributed by atoms with Gasteiger partial charge in [0.1, 0.15) is 33.2 Å². The predicted molar refractivity (Wildman–Crippen MR) is 123 cm³/mol. The zero-order chi connectivity index (χ0) is 24.9. The molecule has 184 valence electrons. The highest BCUT2D eigenvalue weighted by Crippen LogP contribution is 2.68. The van der Waals surface area contributed by atoms with Gasteiger partial charge in [0.05, 0.1) is 22.7 Å². The quantitative estimate of drug-likeness (QED) is 0.605. The first kappa shape index (κ1) is 24.7. The van der Waals surface area contributed by atoms with Gasteiger partial charge in [-0.1, -0.05) is 26.8 Å². The number of carbonyl (C=O) groups excluding carboxylic acids is 1. The number of hydrogen-bond donors (Lipinski definition) is 1. The molecule has 2 aliphatic carbocycles. The van der Waals surface area contributed by atoms with Crippen LogP contribution in [0, 0.1) is 17.0 Å². The fourth-order valence-electron chi connectivity index (χ4n) is 5.44. The third kappa shape index (κ3) is 4.00. The van der Waals surface area contributed by atoms with Crippen molar-refractivity contribution in [2.24, 2.45) is 5.41 Å². The largest absolute Gasteiger partial charge is 0.355 e. The fraction of sp³-hybridized carbons (Fsp3) is 0.542. The average molecular weight is 494 g/mol. The van der Waals surface area contributed by atoms with Gasteiger partial charge in [-0.2, -0.15) is 5.10 Å². The second kappa shape index (κ2) is 8.64. The molecule has 1 fully saturated rings. The SMILES string of the molecule is CC[C@H](O[C@@]12CC[C@@H](c3cc(-c4c(F)cccc4F)nnc31)C2(C)C)C(=O)NCCS(C)(=O)=O. The van der Waals surface area contributed by atoms with Crippen LogP contribution in [0.5, 0.6) is 0 Å². The molecule has 0 unspecified atom stereocenters. The average Bonchev–Trinajstić information content (AvgIpc) is 3.11. The molecule has 34 heavy (non-hydrogen) atoms. The molecule has 1 saturated carbocycles. The molecule has 0 radical (unpaired) electrons. The Hall–Kier alpha value is -2.46. The summed E-state index contributed by atoms with van der Waals surface area (Å²) in [5, 5.41) is 11.2. The number of benzene rings is 1. The highest BCUT2D eigenvalue weighted by atomic mass is 32.2. The summed E-state index contributed by atoms with van der Waals surface area (Å²) in [4.78, 5) is 12.8. The molecular formula is C24H29F2N3O4S. The zero-order valence-electron chi connectivity index (χ0n) is 19.7. The Morgan fingerprint density at radius 3 is 2.56 bits per heavy atom. The molecule has 3 atom stereocenters. The molecular weight excluding hydrogens is 464 g/mol. The molecule has 0 aliphatic heterocycles. The van der Waals surface area contributed by atoms with Gasteiger partial charge in [0.25, 0.3) is 0 Å². The van der Waals surface area contributed by atoms with Crippen LogP contribution in [0.2, 0.25) is 0 Å². The number of ether oxygens (including phenoxy) is 1. The Morgan fingerprint density at radius 2 is 1.94 bits per heavy atom. The van der Waals surface area contributed by atoms with Gasteiger partial charge in [-0.3, -0.25) is 4.79 Å². The first-order valence-electron chi connectivity index (χ1n) is 11.4. The lowest BCUT2D eigenvalue weighted by Gasteiger charge is -2.40. The minimum Gasteiger partial charge on any atom is -0.355 e. The molecule has 4 rings (SSSR count). The molecule has 1 aromatic carbocycles. The van der Waals surface area contributed by atoms with Crippen molar-refractivity contribution in [1.29, 1.82) is 0 Å². The molecule has 1 heterocycles. The molecule has 1 N–H and O–H groups in total. The lowest BCUT2D eigenvalue weighted by Crippen LogP contribution is -2.47. The van der Waals surface area contributed by atoms with Gasteiger partial charge < -0.3 is 10.1 Å². The van der Waals surface area contributed by atoms with Gasteiger partial charge in [0.2, 0.25) is 5.91 Å². The number of carbonyl (C=O) groups is 1. The van der Waals surface area contributed by atoms with Crippen LogP contribution in [-0.4, -0.2) is 49.2 Å². The molecule has 0 spiro atoms. The Bertz CT molecular complexity index is 1210. The molecule has 10 heteroatoms. The van der Waals surface area contributed by atoms with Crippen LogP contribution in [-0.2, 0) is 25.0 Å². The maximum Gasteiger partial charge on any atom is 0.249 e. The summed E-state index contributed by atoms with van der Waals surface area (Å²) < 4.78 is 58.0. The van der Waals surface area contributed by atoms with Gasteiger partial charge in [0.15, 0.2) is 0 Å². The Morgan fingerprint density at radius 1 is 1.26 bits per heavy atom. The Kier molecular flexibility index (Phi) is 6.27. The topological polar surface area (TPSA) is 98.2 Å². The Labute approximate surface area is 198 Å². The van der Waals surface area contributed by atoms with Gasteiger partial charge in [0, 0.05) is 18.2 Å². The monoisotopic (exact) mass is 493 g/mol. The number of rotatable bonds is 8. The highest BCUT2D eigenvalue weighted by Gasteiger charge is 2.65. The van der Waals surface area contributed by atoms with E-state index in [4.69, 9.17) is 4.74 Å². The van der Waals surface area contributed by atoms with Crippen molar-refractivity contribution in [3.05, 3.63) is 47.2 Å². The van der Waals surface area contributed by atoms with Crippen molar-refractivity contribution in [1.82, 2.24) is 15.5 Å². The summed E-state index contributed by atoms with van der Waals surface area (Å²) in [7, 11) is -3.20. The van der Waals surface area contributed by atoms with E-state index in [-0.39, 0.29) is 35.4 Å². The standard InChI is InChI=1S/C24H29F2N3O4S/c1-5-19(22(30)27-11-12-34(4,31)32)33-24-10-9-15(23(24,2)3)14-13-18(28-29-21(14)24)20-16(25)7-6-8-17(20)26/h6-8,13,15,19H,5,9-12H2,1-4H3,(H,27,30)/t15-,19-,24-/m0/s1. The number of aromatic nitrogens is 2. The minimum atomic E-state index is -3.20. The second-order valence-corrected chi connectivity index (χ2v) is 12.0. The fourth-order valence-corrected chi connectivity index (χ4v) is 5.91. The van der Waals surface area contributed by atoms with Gasteiger partial charge in [-0.05, 0) is 48.9 Å². The molecule has 2 aliphatic rings. The minimum absolute atomic E-state index is 0.00447.